The summed E-state index contributed by atoms with van der Waals surface area (Å²) in [7, 11) is 3.25. The molecule has 1 fully saturated rings. The lowest BCUT2D eigenvalue weighted by Crippen LogP contribution is -2.30. The number of carbonyl (C=O) groups is 1. The van der Waals surface area contributed by atoms with Crippen molar-refractivity contribution in [3.05, 3.63) is 23.8 Å². The Morgan fingerprint density at radius 1 is 1.37 bits per heavy atom. The third-order valence-corrected chi connectivity index (χ3v) is 3.55. The lowest BCUT2D eigenvalue weighted by molar-refractivity contribution is 0.0697. The maximum absolute atomic E-state index is 11.2. The third-order valence-electron chi connectivity index (χ3n) is 3.55. The highest BCUT2D eigenvalue weighted by Gasteiger charge is 2.28. The molecule has 0 heterocycles. The molecule has 2 rings (SSSR count). The van der Waals surface area contributed by atoms with Crippen LogP contribution >= 0.6 is 0 Å². The summed E-state index contributed by atoms with van der Waals surface area (Å²) in [5.41, 5.74) is 0.836. The summed E-state index contributed by atoms with van der Waals surface area (Å²) in [6.07, 6.45) is 3.20. The van der Waals surface area contributed by atoms with Gasteiger partial charge in [-0.1, -0.05) is 0 Å². The lowest BCUT2D eigenvalue weighted by atomic mass is 10.1. The second-order valence-corrected chi connectivity index (χ2v) is 4.67. The number of hydrogen-bond acceptors (Lipinski definition) is 4. The Balaban J connectivity index is 2.24. The molecule has 2 atom stereocenters. The van der Waals surface area contributed by atoms with Crippen LogP contribution in [-0.2, 0) is 4.74 Å². The summed E-state index contributed by atoms with van der Waals surface area (Å²) in [4.78, 5) is 11.2. The molecule has 1 aliphatic carbocycles. The van der Waals surface area contributed by atoms with E-state index in [1.165, 1.54) is 0 Å². The largest absolute Gasteiger partial charge is 0.497 e. The quantitative estimate of drug-likeness (QED) is 0.855. The molecule has 5 heteroatoms. The molecule has 2 unspecified atom stereocenters. The van der Waals surface area contributed by atoms with Gasteiger partial charge in [0.2, 0.25) is 0 Å². The third kappa shape index (κ3) is 2.98. The van der Waals surface area contributed by atoms with Gasteiger partial charge in [0.05, 0.1) is 30.5 Å². The van der Waals surface area contributed by atoms with E-state index < -0.39 is 5.97 Å². The van der Waals surface area contributed by atoms with Crippen molar-refractivity contribution in [3.8, 4) is 5.75 Å². The molecular weight excluding hydrogens is 246 g/mol. The summed E-state index contributed by atoms with van der Waals surface area (Å²) in [6.45, 7) is 0. The number of benzene rings is 1. The van der Waals surface area contributed by atoms with Crippen LogP contribution < -0.4 is 10.1 Å². The minimum atomic E-state index is -0.947. The predicted octanol–water partition coefficient (Wildman–Crippen LogP) is 2.37. The Morgan fingerprint density at radius 2 is 2.16 bits per heavy atom. The minimum absolute atomic E-state index is 0.132. The summed E-state index contributed by atoms with van der Waals surface area (Å²) in [6, 6.07) is 5.07. The van der Waals surface area contributed by atoms with Crippen LogP contribution in [0, 0.1) is 0 Å². The Kier molecular flexibility index (Phi) is 4.27. The van der Waals surface area contributed by atoms with Crippen LogP contribution in [-0.4, -0.2) is 37.4 Å². The standard InChI is InChI=1S/C14H19NO4/c1-18-9-6-7-10(14(16)17)12(8-9)15-11-4-3-5-13(11)19-2/h6-8,11,13,15H,3-5H2,1-2H3,(H,16,17). The van der Waals surface area contributed by atoms with Gasteiger partial charge in [-0.05, 0) is 31.4 Å². The fraction of sp³-hybridized carbons (Fsp3) is 0.500. The lowest BCUT2D eigenvalue weighted by Gasteiger charge is -2.22. The van der Waals surface area contributed by atoms with Crippen LogP contribution in [0.1, 0.15) is 29.6 Å². The summed E-state index contributed by atoms with van der Waals surface area (Å²) in [5.74, 6) is -0.309. The second-order valence-electron chi connectivity index (χ2n) is 4.67. The molecule has 19 heavy (non-hydrogen) atoms. The molecule has 0 saturated heterocycles. The molecule has 1 aromatic carbocycles. The highest BCUT2D eigenvalue weighted by Crippen LogP contribution is 2.29. The van der Waals surface area contributed by atoms with Gasteiger partial charge >= 0.3 is 5.97 Å². The molecule has 2 N–H and O–H groups in total. The number of carboxylic acid groups (broad SMARTS) is 1. The van der Waals surface area contributed by atoms with E-state index in [2.05, 4.69) is 5.32 Å². The van der Waals surface area contributed by atoms with Crippen molar-refractivity contribution in [2.75, 3.05) is 19.5 Å². The molecule has 0 radical (unpaired) electrons. The van der Waals surface area contributed by atoms with E-state index >= 15 is 0 Å². The first-order chi connectivity index (χ1) is 9.15. The van der Waals surface area contributed by atoms with E-state index in [0.717, 1.165) is 19.3 Å². The topological polar surface area (TPSA) is 67.8 Å². The number of hydrogen-bond donors (Lipinski definition) is 2. The number of methoxy groups -OCH3 is 2. The summed E-state index contributed by atoms with van der Waals surface area (Å²) >= 11 is 0. The second kappa shape index (κ2) is 5.93. The average Bonchev–Trinajstić information content (AvgIpc) is 2.85. The first-order valence-corrected chi connectivity index (χ1v) is 6.36. The normalized spacial score (nSPS) is 22.2. The molecule has 104 valence electrons. The molecule has 5 nitrogen and oxygen atoms in total. The number of carboxylic acids is 1. The number of ether oxygens (including phenoxy) is 2. The van der Waals surface area contributed by atoms with Gasteiger partial charge in [0.1, 0.15) is 5.75 Å². The molecule has 0 spiro atoms. The van der Waals surface area contributed by atoms with Gasteiger partial charge < -0.3 is 19.9 Å². The van der Waals surface area contributed by atoms with E-state index in [1.807, 2.05) is 0 Å². The van der Waals surface area contributed by atoms with Crippen molar-refractivity contribution < 1.29 is 19.4 Å². The fourth-order valence-corrected chi connectivity index (χ4v) is 2.53. The van der Waals surface area contributed by atoms with E-state index in [0.29, 0.717) is 11.4 Å². The Labute approximate surface area is 112 Å². The zero-order valence-corrected chi connectivity index (χ0v) is 11.2. The highest BCUT2D eigenvalue weighted by molar-refractivity contribution is 5.94. The molecule has 0 bridgehead atoms. The summed E-state index contributed by atoms with van der Waals surface area (Å²) < 4.78 is 10.6. The molecule has 1 aliphatic rings. The number of rotatable bonds is 5. The van der Waals surface area contributed by atoms with Crippen LogP contribution in [0.15, 0.2) is 18.2 Å². The van der Waals surface area contributed by atoms with Crippen LogP contribution in [0.3, 0.4) is 0 Å². The van der Waals surface area contributed by atoms with Crippen LogP contribution in [0.4, 0.5) is 5.69 Å². The molecular formula is C14H19NO4. The molecule has 1 saturated carbocycles. The fourth-order valence-electron chi connectivity index (χ4n) is 2.53. The van der Waals surface area contributed by atoms with Crippen molar-refractivity contribution in [2.45, 2.75) is 31.4 Å². The van der Waals surface area contributed by atoms with Crippen molar-refractivity contribution in [2.24, 2.45) is 0 Å². The van der Waals surface area contributed by atoms with Gasteiger partial charge in [-0.2, -0.15) is 0 Å². The minimum Gasteiger partial charge on any atom is -0.497 e. The Bertz CT molecular complexity index is 461. The van der Waals surface area contributed by atoms with Crippen molar-refractivity contribution >= 4 is 11.7 Å². The van der Waals surface area contributed by atoms with Crippen LogP contribution in [0.2, 0.25) is 0 Å². The highest BCUT2D eigenvalue weighted by atomic mass is 16.5. The maximum atomic E-state index is 11.2. The zero-order chi connectivity index (χ0) is 13.8. The zero-order valence-electron chi connectivity index (χ0n) is 11.2. The van der Waals surface area contributed by atoms with Gasteiger partial charge in [-0.25, -0.2) is 4.79 Å². The van der Waals surface area contributed by atoms with Gasteiger partial charge in [-0.15, -0.1) is 0 Å². The van der Waals surface area contributed by atoms with Crippen molar-refractivity contribution in [3.63, 3.8) is 0 Å². The van der Waals surface area contributed by atoms with Crippen LogP contribution in [0.25, 0.3) is 0 Å². The Morgan fingerprint density at radius 3 is 2.79 bits per heavy atom. The first kappa shape index (κ1) is 13.7. The number of nitrogens with one attached hydrogen (secondary N) is 1. The van der Waals surface area contributed by atoms with Gasteiger partial charge in [0.15, 0.2) is 0 Å². The molecule has 1 aromatic rings. The first-order valence-electron chi connectivity index (χ1n) is 6.36. The maximum Gasteiger partial charge on any atom is 0.337 e. The Hall–Kier alpha value is -1.75. The van der Waals surface area contributed by atoms with E-state index in [4.69, 9.17) is 9.47 Å². The van der Waals surface area contributed by atoms with Crippen molar-refractivity contribution in [1.29, 1.82) is 0 Å². The van der Waals surface area contributed by atoms with Crippen LogP contribution in [0.5, 0.6) is 5.75 Å². The SMILES string of the molecule is COc1ccc(C(=O)O)c(NC2CCCC2OC)c1. The molecule has 0 aromatic heterocycles. The van der Waals surface area contributed by atoms with E-state index in [-0.39, 0.29) is 17.7 Å². The van der Waals surface area contributed by atoms with Crippen molar-refractivity contribution in [1.82, 2.24) is 0 Å². The summed E-state index contributed by atoms with van der Waals surface area (Å²) in [5, 5.41) is 12.5. The van der Waals surface area contributed by atoms with E-state index in [9.17, 15) is 9.90 Å². The van der Waals surface area contributed by atoms with E-state index in [1.54, 1.807) is 32.4 Å². The monoisotopic (exact) mass is 265 g/mol. The smallest absolute Gasteiger partial charge is 0.337 e. The number of aromatic carboxylic acids is 1. The predicted molar refractivity (Wildman–Crippen MR) is 72.0 cm³/mol. The van der Waals surface area contributed by atoms with Gasteiger partial charge in [0, 0.05) is 13.2 Å². The molecule has 0 amide bonds. The number of anilines is 1. The van der Waals surface area contributed by atoms with Gasteiger partial charge in [0.25, 0.3) is 0 Å². The molecule has 0 aliphatic heterocycles. The average molecular weight is 265 g/mol. The van der Waals surface area contributed by atoms with Gasteiger partial charge in [-0.3, -0.25) is 0 Å².